The van der Waals surface area contributed by atoms with Crippen molar-refractivity contribution in [1.29, 1.82) is 0 Å². The number of fused-ring (bicyclic) bond motifs is 12. The third kappa shape index (κ3) is 3.59. The van der Waals surface area contributed by atoms with Crippen LogP contribution in [0.2, 0.25) is 0 Å². The third-order valence-electron chi connectivity index (χ3n) is 9.52. The van der Waals surface area contributed by atoms with Crippen LogP contribution in [0, 0.1) is 0 Å². The number of para-hydroxylation sites is 1. The summed E-state index contributed by atoms with van der Waals surface area (Å²) in [6.07, 6.45) is 0. The fourth-order valence-corrected chi connectivity index (χ4v) is 7.53. The predicted molar refractivity (Wildman–Crippen MR) is 194 cm³/mol. The Kier molecular flexibility index (Phi) is 5.31. The molecule has 8 aromatic carbocycles. The Balaban J connectivity index is 1.47. The van der Waals surface area contributed by atoms with Crippen molar-refractivity contribution >= 4 is 65.3 Å². The molecule has 0 saturated carbocycles. The highest BCUT2D eigenvalue weighted by Crippen LogP contribution is 2.47. The molecule has 2 heterocycles. The quantitative estimate of drug-likeness (QED) is 0.202. The molecule has 46 heavy (non-hydrogen) atoms. The Labute approximate surface area is 265 Å². The van der Waals surface area contributed by atoms with Crippen molar-refractivity contribution in [2.45, 2.75) is 0 Å². The zero-order valence-corrected chi connectivity index (χ0v) is 24.9. The average molecular weight is 586 g/mol. The molecule has 0 unspecified atom stereocenters. The van der Waals surface area contributed by atoms with E-state index >= 15 is 0 Å². The van der Waals surface area contributed by atoms with Gasteiger partial charge >= 0.3 is 0 Å². The summed E-state index contributed by atoms with van der Waals surface area (Å²) >= 11 is 0. The molecule has 0 aliphatic rings. The van der Waals surface area contributed by atoms with E-state index in [1.54, 1.807) is 0 Å². The van der Waals surface area contributed by atoms with E-state index in [1.165, 1.54) is 60.1 Å². The lowest BCUT2D eigenvalue weighted by molar-refractivity contribution is 0.671. The van der Waals surface area contributed by atoms with E-state index in [9.17, 15) is 0 Å². The Morgan fingerprint density at radius 1 is 0.370 bits per heavy atom. The van der Waals surface area contributed by atoms with Crippen molar-refractivity contribution in [2.75, 3.05) is 0 Å². The fourth-order valence-electron chi connectivity index (χ4n) is 7.53. The zero-order valence-electron chi connectivity index (χ0n) is 24.9. The number of hydrogen-bond donors (Lipinski definition) is 0. The molecule has 0 amide bonds. The fraction of sp³-hybridized carbons (Fsp3) is 0. The molecule has 0 bridgehead atoms. The van der Waals surface area contributed by atoms with Gasteiger partial charge in [0.05, 0.1) is 11.0 Å². The molecule has 0 aliphatic carbocycles. The van der Waals surface area contributed by atoms with Crippen LogP contribution in [0.4, 0.5) is 0 Å². The number of nitrogens with zero attached hydrogens (tertiary/aromatic N) is 1. The minimum atomic E-state index is 0.903. The Bertz CT molecular complexity index is 2730. The van der Waals surface area contributed by atoms with Gasteiger partial charge < -0.3 is 8.98 Å². The normalized spacial score (nSPS) is 11.9. The van der Waals surface area contributed by atoms with Crippen LogP contribution in [0.1, 0.15) is 0 Å². The van der Waals surface area contributed by atoms with Crippen LogP contribution in [0.5, 0.6) is 0 Å². The molecule has 0 N–H and O–H groups in total. The van der Waals surface area contributed by atoms with Gasteiger partial charge in [0, 0.05) is 32.6 Å². The molecule has 10 aromatic rings. The Morgan fingerprint density at radius 2 is 0.935 bits per heavy atom. The molecule has 0 spiro atoms. The molecule has 0 radical (unpaired) electrons. The van der Waals surface area contributed by atoms with Gasteiger partial charge in [-0.15, -0.1) is 0 Å². The monoisotopic (exact) mass is 585 g/mol. The molecule has 2 aromatic heterocycles. The van der Waals surface area contributed by atoms with Gasteiger partial charge in [0.1, 0.15) is 5.58 Å². The first kappa shape index (κ1) is 25.2. The maximum absolute atomic E-state index is 6.89. The summed E-state index contributed by atoms with van der Waals surface area (Å²) in [4.78, 5) is 0. The lowest BCUT2D eigenvalue weighted by Gasteiger charge is -2.15. The second-order valence-corrected chi connectivity index (χ2v) is 12.1. The zero-order chi connectivity index (χ0) is 30.2. The number of aromatic nitrogens is 1. The molecule has 2 nitrogen and oxygen atoms in total. The number of hydrogen-bond acceptors (Lipinski definition) is 1. The van der Waals surface area contributed by atoms with Crippen molar-refractivity contribution in [1.82, 2.24) is 4.57 Å². The minimum absolute atomic E-state index is 0.903. The van der Waals surface area contributed by atoms with Crippen molar-refractivity contribution in [3.8, 4) is 27.9 Å². The van der Waals surface area contributed by atoms with E-state index in [1.807, 2.05) is 0 Å². The molecule has 0 fully saturated rings. The minimum Gasteiger partial charge on any atom is -0.454 e. The van der Waals surface area contributed by atoms with Gasteiger partial charge in [-0.3, -0.25) is 0 Å². The van der Waals surface area contributed by atoms with Crippen LogP contribution in [0.3, 0.4) is 0 Å². The maximum Gasteiger partial charge on any atom is 0.160 e. The number of benzene rings is 8. The first-order valence-corrected chi connectivity index (χ1v) is 15.8. The summed E-state index contributed by atoms with van der Waals surface area (Å²) in [7, 11) is 0. The highest BCUT2D eigenvalue weighted by molar-refractivity contribution is 6.36. The summed E-state index contributed by atoms with van der Waals surface area (Å²) in [5.41, 5.74) is 9.94. The van der Waals surface area contributed by atoms with Gasteiger partial charge in [0.2, 0.25) is 0 Å². The van der Waals surface area contributed by atoms with Crippen molar-refractivity contribution < 1.29 is 4.42 Å². The standard InChI is InChI=1S/C44H27NO/c1-3-13-28(14-4-1)31-25-32(29-15-5-2-6-16-29)27-33(26-31)45-42-34-18-8-7-17-30(34)23-24-38(42)40-35-19-9-10-20-36(35)41-37-21-11-12-22-39(37)46-44(41)43(40)45/h1-27H. The SMILES string of the molecule is c1ccc(-c2cc(-c3ccccc3)cc(-n3c4c5ccccc5ccc4c4c5ccccc5c5c6ccccc6oc5c43)c2)cc1. The van der Waals surface area contributed by atoms with E-state index in [0.717, 1.165) is 33.1 Å². The first-order chi connectivity index (χ1) is 22.8. The average Bonchev–Trinajstić information content (AvgIpc) is 3.70. The van der Waals surface area contributed by atoms with Crippen LogP contribution in [-0.2, 0) is 0 Å². The van der Waals surface area contributed by atoms with Crippen molar-refractivity contribution in [3.63, 3.8) is 0 Å². The topological polar surface area (TPSA) is 18.1 Å². The van der Waals surface area contributed by atoms with Gasteiger partial charge in [0.15, 0.2) is 5.58 Å². The molecule has 2 heteroatoms. The maximum atomic E-state index is 6.89. The van der Waals surface area contributed by atoms with Crippen LogP contribution < -0.4 is 0 Å². The molecule has 0 saturated heterocycles. The molecule has 10 rings (SSSR count). The number of furan rings is 1. The summed E-state index contributed by atoms with van der Waals surface area (Å²) in [6.45, 7) is 0. The summed E-state index contributed by atoms with van der Waals surface area (Å²) in [5.74, 6) is 0. The van der Waals surface area contributed by atoms with Crippen LogP contribution in [-0.4, -0.2) is 4.57 Å². The lowest BCUT2D eigenvalue weighted by atomic mass is 9.97. The van der Waals surface area contributed by atoms with E-state index in [-0.39, 0.29) is 0 Å². The van der Waals surface area contributed by atoms with Gasteiger partial charge in [-0.2, -0.15) is 0 Å². The lowest BCUT2D eigenvalue weighted by Crippen LogP contribution is -1.97. The molecule has 214 valence electrons. The Morgan fingerprint density at radius 3 is 1.63 bits per heavy atom. The predicted octanol–water partition coefficient (Wildman–Crippen LogP) is 12.3. The van der Waals surface area contributed by atoms with E-state index in [4.69, 9.17) is 4.42 Å². The van der Waals surface area contributed by atoms with E-state index < -0.39 is 0 Å². The molecular weight excluding hydrogens is 558 g/mol. The van der Waals surface area contributed by atoms with Crippen molar-refractivity contribution in [3.05, 3.63) is 164 Å². The second-order valence-electron chi connectivity index (χ2n) is 12.1. The first-order valence-electron chi connectivity index (χ1n) is 15.8. The largest absolute Gasteiger partial charge is 0.454 e. The number of rotatable bonds is 3. The smallest absolute Gasteiger partial charge is 0.160 e. The van der Waals surface area contributed by atoms with E-state index in [2.05, 4.69) is 168 Å². The van der Waals surface area contributed by atoms with Crippen LogP contribution in [0.15, 0.2) is 168 Å². The Hall–Kier alpha value is -6.12. The summed E-state index contributed by atoms with van der Waals surface area (Å²) in [5, 5.41) is 9.62. The van der Waals surface area contributed by atoms with Crippen LogP contribution in [0.25, 0.3) is 93.2 Å². The van der Waals surface area contributed by atoms with Gasteiger partial charge in [-0.05, 0) is 62.7 Å². The highest BCUT2D eigenvalue weighted by Gasteiger charge is 2.24. The van der Waals surface area contributed by atoms with Crippen molar-refractivity contribution in [2.24, 2.45) is 0 Å². The molecular formula is C44H27NO. The van der Waals surface area contributed by atoms with Gasteiger partial charge in [-0.25, -0.2) is 0 Å². The molecule has 0 atom stereocenters. The van der Waals surface area contributed by atoms with Crippen LogP contribution >= 0.6 is 0 Å². The van der Waals surface area contributed by atoms with Gasteiger partial charge in [0.25, 0.3) is 0 Å². The third-order valence-corrected chi connectivity index (χ3v) is 9.52. The summed E-state index contributed by atoms with van der Waals surface area (Å²) in [6, 6.07) is 58.9. The second kappa shape index (κ2) is 9.69. The van der Waals surface area contributed by atoms with Gasteiger partial charge in [-0.1, -0.05) is 140 Å². The highest BCUT2D eigenvalue weighted by atomic mass is 16.3. The molecule has 0 aliphatic heterocycles. The van der Waals surface area contributed by atoms with E-state index in [0.29, 0.717) is 0 Å². The summed E-state index contributed by atoms with van der Waals surface area (Å²) < 4.78 is 9.36.